The third-order valence-corrected chi connectivity index (χ3v) is 5.62. The molecule has 26 heavy (non-hydrogen) atoms. The molecule has 1 unspecified atom stereocenters. The molecular weight excluding hydrogens is 365 g/mol. The van der Waals surface area contributed by atoms with Gasteiger partial charge in [-0.3, -0.25) is 4.79 Å². The minimum atomic E-state index is -4.40. The Morgan fingerprint density at radius 3 is 2.38 bits per heavy atom. The summed E-state index contributed by atoms with van der Waals surface area (Å²) in [6, 6.07) is 5.67. The van der Waals surface area contributed by atoms with E-state index in [-0.39, 0.29) is 48.3 Å². The van der Waals surface area contributed by atoms with Crippen molar-refractivity contribution < 1.29 is 18.0 Å². The van der Waals surface area contributed by atoms with Crippen LogP contribution in [0.3, 0.4) is 0 Å². The summed E-state index contributed by atoms with van der Waals surface area (Å²) in [6.07, 6.45) is -0.556. The van der Waals surface area contributed by atoms with Crippen molar-refractivity contribution in [2.24, 2.45) is 11.8 Å². The third kappa shape index (κ3) is 4.52. The highest BCUT2D eigenvalue weighted by Crippen LogP contribution is 2.34. The second kappa shape index (κ2) is 8.61. The Labute approximate surface area is 158 Å². The maximum Gasteiger partial charge on any atom is 0.416 e. The van der Waals surface area contributed by atoms with Crippen LogP contribution in [-0.4, -0.2) is 29.9 Å². The van der Waals surface area contributed by atoms with E-state index in [1.807, 2.05) is 6.92 Å². The minimum absolute atomic E-state index is 0. The molecule has 1 atom stereocenters. The minimum Gasteiger partial charge on any atom is -0.335 e. The maximum atomic E-state index is 13.3. The van der Waals surface area contributed by atoms with E-state index < -0.39 is 11.7 Å². The van der Waals surface area contributed by atoms with Crippen LogP contribution in [0, 0.1) is 11.8 Å². The standard InChI is InChI=1S/C19H25F3N2O.ClH/c1-13(15-10-23-11-15)18(25)24(16-7-3-4-8-16)12-14-6-2-5-9-17(14)19(20,21)22;/h2,5-6,9,13,15-16,23H,3-4,7-8,10-12H2,1H3;1H. The lowest BCUT2D eigenvalue weighted by Gasteiger charge is -2.37. The van der Waals surface area contributed by atoms with Gasteiger partial charge in [0.25, 0.3) is 0 Å². The number of hydrogen-bond donors (Lipinski definition) is 1. The summed E-state index contributed by atoms with van der Waals surface area (Å²) < 4.78 is 39.9. The van der Waals surface area contributed by atoms with Crippen LogP contribution in [0.1, 0.15) is 43.7 Å². The summed E-state index contributed by atoms with van der Waals surface area (Å²) in [4.78, 5) is 14.8. The lowest BCUT2D eigenvalue weighted by Crippen LogP contribution is -2.51. The van der Waals surface area contributed by atoms with E-state index in [9.17, 15) is 18.0 Å². The van der Waals surface area contributed by atoms with Crippen molar-refractivity contribution in [3.63, 3.8) is 0 Å². The molecule has 1 aromatic carbocycles. The molecule has 1 heterocycles. The van der Waals surface area contributed by atoms with Gasteiger partial charge in [0.05, 0.1) is 5.56 Å². The highest BCUT2D eigenvalue weighted by Gasteiger charge is 2.38. The molecule has 1 saturated heterocycles. The van der Waals surface area contributed by atoms with Crippen molar-refractivity contribution >= 4 is 18.3 Å². The van der Waals surface area contributed by atoms with Gasteiger partial charge in [0.2, 0.25) is 5.91 Å². The van der Waals surface area contributed by atoms with Gasteiger partial charge in [-0.25, -0.2) is 0 Å². The number of carbonyl (C=O) groups is 1. The van der Waals surface area contributed by atoms with E-state index in [4.69, 9.17) is 0 Å². The lowest BCUT2D eigenvalue weighted by molar-refractivity contribution is -0.143. The van der Waals surface area contributed by atoms with Crippen molar-refractivity contribution in [3.05, 3.63) is 35.4 Å². The topological polar surface area (TPSA) is 32.3 Å². The number of rotatable bonds is 5. The number of halogens is 4. The SMILES string of the molecule is CC(C(=O)N(Cc1ccccc1C(F)(F)F)C1CCCC1)C1CNC1.Cl. The van der Waals surface area contributed by atoms with Gasteiger partial charge < -0.3 is 10.2 Å². The second-order valence-corrected chi connectivity index (χ2v) is 7.27. The Morgan fingerprint density at radius 2 is 1.85 bits per heavy atom. The number of nitrogens with one attached hydrogen (secondary N) is 1. The predicted molar refractivity (Wildman–Crippen MR) is 97.0 cm³/mol. The molecule has 1 amide bonds. The average Bonchev–Trinajstić information content (AvgIpc) is 3.03. The molecule has 3 nitrogen and oxygen atoms in total. The van der Waals surface area contributed by atoms with Crippen LogP contribution < -0.4 is 5.32 Å². The second-order valence-electron chi connectivity index (χ2n) is 7.27. The fourth-order valence-electron chi connectivity index (χ4n) is 3.85. The molecular formula is C19H26ClF3N2O. The largest absolute Gasteiger partial charge is 0.416 e. The smallest absolute Gasteiger partial charge is 0.335 e. The molecule has 0 aromatic heterocycles. The Morgan fingerprint density at radius 1 is 1.23 bits per heavy atom. The van der Waals surface area contributed by atoms with Gasteiger partial charge in [-0.2, -0.15) is 13.2 Å². The molecule has 146 valence electrons. The first-order valence-corrected chi connectivity index (χ1v) is 9.04. The Balaban J connectivity index is 0.00000243. The number of alkyl halides is 3. The van der Waals surface area contributed by atoms with E-state index in [1.54, 1.807) is 11.0 Å². The van der Waals surface area contributed by atoms with E-state index in [0.717, 1.165) is 44.8 Å². The summed E-state index contributed by atoms with van der Waals surface area (Å²) in [5.41, 5.74) is -0.446. The molecule has 2 fully saturated rings. The fourth-order valence-corrected chi connectivity index (χ4v) is 3.85. The molecule has 2 aliphatic rings. The molecule has 1 aliphatic heterocycles. The van der Waals surface area contributed by atoms with Crippen molar-refractivity contribution in [2.75, 3.05) is 13.1 Å². The molecule has 1 N–H and O–H groups in total. The quantitative estimate of drug-likeness (QED) is 0.815. The molecule has 0 bridgehead atoms. The molecule has 0 radical (unpaired) electrons. The van der Waals surface area contributed by atoms with Crippen LogP contribution in [-0.2, 0) is 17.5 Å². The van der Waals surface area contributed by atoms with Gasteiger partial charge in [-0.15, -0.1) is 12.4 Å². The summed E-state index contributed by atoms with van der Waals surface area (Å²) in [6.45, 7) is 3.57. The first-order valence-electron chi connectivity index (χ1n) is 9.04. The van der Waals surface area contributed by atoms with E-state index in [2.05, 4.69) is 5.32 Å². The van der Waals surface area contributed by atoms with Crippen LogP contribution >= 0.6 is 12.4 Å². The maximum absolute atomic E-state index is 13.3. The van der Waals surface area contributed by atoms with Gasteiger partial charge in [-0.05, 0) is 43.5 Å². The van der Waals surface area contributed by atoms with E-state index in [0.29, 0.717) is 0 Å². The Kier molecular flexibility index (Phi) is 6.97. The van der Waals surface area contributed by atoms with E-state index in [1.165, 1.54) is 12.1 Å². The van der Waals surface area contributed by atoms with Crippen molar-refractivity contribution in [3.8, 4) is 0 Å². The van der Waals surface area contributed by atoms with Crippen LogP contribution in [0.2, 0.25) is 0 Å². The van der Waals surface area contributed by atoms with Gasteiger partial charge in [0, 0.05) is 18.5 Å². The zero-order valence-electron chi connectivity index (χ0n) is 14.9. The number of carbonyl (C=O) groups excluding carboxylic acids is 1. The zero-order chi connectivity index (χ0) is 18.0. The number of amides is 1. The number of benzene rings is 1. The normalized spacial score (nSPS) is 19.5. The molecule has 0 spiro atoms. The first-order chi connectivity index (χ1) is 11.9. The third-order valence-electron chi connectivity index (χ3n) is 5.62. The number of nitrogens with zero attached hydrogens (tertiary/aromatic N) is 1. The summed E-state index contributed by atoms with van der Waals surface area (Å²) in [5, 5.41) is 3.16. The fraction of sp³-hybridized carbons (Fsp3) is 0.632. The lowest BCUT2D eigenvalue weighted by atomic mass is 9.87. The first kappa shape index (κ1) is 21.0. The highest BCUT2D eigenvalue weighted by atomic mass is 35.5. The summed E-state index contributed by atoms with van der Waals surface area (Å²) in [5.74, 6) is 0.129. The highest BCUT2D eigenvalue weighted by molar-refractivity contribution is 5.85. The molecule has 7 heteroatoms. The van der Waals surface area contributed by atoms with Crippen molar-refractivity contribution in [1.82, 2.24) is 10.2 Å². The van der Waals surface area contributed by atoms with Crippen LogP contribution in [0.15, 0.2) is 24.3 Å². The summed E-state index contributed by atoms with van der Waals surface area (Å²) in [7, 11) is 0. The zero-order valence-corrected chi connectivity index (χ0v) is 15.7. The Hall–Kier alpha value is -1.27. The van der Waals surface area contributed by atoms with Gasteiger partial charge in [-0.1, -0.05) is 38.0 Å². The monoisotopic (exact) mass is 390 g/mol. The predicted octanol–water partition coefficient (Wildman–Crippen LogP) is 4.25. The number of hydrogen-bond acceptors (Lipinski definition) is 2. The van der Waals surface area contributed by atoms with Crippen molar-refractivity contribution in [1.29, 1.82) is 0 Å². The van der Waals surface area contributed by atoms with Crippen molar-refractivity contribution in [2.45, 2.75) is 51.4 Å². The molecule has 1 saturated carbocycles. The molecule has 1 aliphatic carbocycles. The molecule has 1 aromatic rings. The Bertz CT molecular complexity index is 613. The summed E-state index contributed by atoms with van der Waals surface area (Å²) >= 11 is 0. The van der Waals surface area contributed by atoms with Gasteiger partial charge in [0.15, 0.2) is 0 Å². The van der Waals surface area contributed by atoms with E-state index >= 15 is 0 Å². The van der Waals surface area contributed by atoms with Crippen LogP contribution in [0.25, 0.3) is 0 Å². The van der Waals surface area contributed by atoms with Gasteiger partial charge in [0.1, 0.15) is 0 Å². The van der Waals surface area contributed by atoms with Gasteiger partial charge >= 0.3 is 6.18 Å². The average molecular weight is 391 g/mol. The van der Waals surface area contributed by atoms with Crippen LogP contribution in [0.4, 0.5) is 13.2 Å². The molecule has 3 rings (SSSR count). The van der Waals surface area contributed by atoms with Crippen LogP contribution in [0.5, 0.6) is 0 Å².